The van der Waals surface area contributed by atoms with E-state index in [1.165, 1.54) is 6.20 Å². The molecule has 1 atom stereocenters. The number of aryl methyl sites for hydroxylation is 1. The van der Waals surface area contributed by atoms with Crippen LogP contribution in [0.1, 0.15) is 60.5 Å². The molecule has 10 heteroatoms. The van der Waals surface area contributed by atoms with Gasteiger partial charge in [-0.3, -0.25) is 9.78 Å². The molecule has 34 heavy (non-hydrogen) atoms. The lowest BCUT2D eigenvalue weighted by Gasteiger charge is -2.18. The highest BCUT2D eigenvalue weighted by Gasteiger charge is 2.37. The molecule has 4 rings (SSSR count). The van der Waals surface area contributed by atoms with Gasteiger partial charge >= 0.3 is 12.1 Å². The first kappa shape index (κ1) is 24.4. The minimum absolute atomic E-state index is 0.0388. The van der Waals surface area contributed by atoms with Gasteiger partial charge in [0.15, 0.2) is 0 Å². The molecule has 0 radical (unpaired) electrons. The number of carbonyl (C=O) groups is 1. The van der Waals surface area contributed by atoms with Crippen molar-refractivity contribution < 1.29 is 27.8 Å². The highest BCUT2D eigenvalue weighted by atomic mass is 35.5. The molecule has 2 aromatic rings. The average molecular weight is 493 g/mol. The van der Waals surface area contributed by atoms with Gasteiger partial charge in [0, 0.05) is 33.9 Å². The molecule has 1 unspecified atom stereocenters. The van der Waals surface area contributed by atoms with E-state index in [-0.39, 0.29) is 36.9 Å². The first-order valence-electron chi connectivity index (χ1n) is 11.3. The quantitative estimate of drug-likeness (QED) is 0.576. The van der Waals surface area contributed by atoms with Gasteiger partial charge < -0.3 is 14.8 Å². The zero-order chi connectivity index (χ0) is 24.5. The molecule has 1 fully saturated rings. The number of aromatic amines is 1. The summed E-state index contributed by atoms with van der Waals surface area (Å²) in [7, 11) is 1.94. The minimum Gasteiger partial charge on any atom is -0.489 e. The van der Waals surface area contributed by atoms with Gasteiger partial charge in [0.05, 0.1) is 22.7 Å². The van der Waals surface area contributed by atoms with Crippen molar-refractivity contribution in [1.29, 1.82) is 0 Å². The smallest absolute Gasteiger partial charge is 0.418 e. The molecule has 0 saturated heterocycles. The number of H-pyrrole nitrogens is 1. The SMILES string of the molecule is BC1C=C(OCc2cnc(C3CCCC3)c(C(F)(F)F)c2)C=c2c(Cl)c(CCC(=O)O)[nH]c2=C1. The lowest BCUT2D eigenvalue weighted by Crippen LogP contribution is -2.23. The fourth-order valence-electron chi connectivity index (χ4n) is 4.61. The zero-order valence-corrected chi connectivity index (χ0v) is 19.5. The highest BCUT2D eigenvalue weighted by molar-refractivity contribution is 6.31. The van der Waals surface area contributed by atoms with Gasteiger partial charge in [-0.2, -0.15) is 13.2 Å². The van der Waals surface area contributed by atoms with Gasteiger partial charge in [-0.05, 0) is 43.3 Å². The molecule has 0 aromatic carbocycles. The largest absolute Gasteiger partial charge is 0.489 e. The van der Waals surface area contributed by atoms with Crippen molar-refractivity contribution >= 4 is 37.6 Å². The van der Waals surface area contributed by atoms with Gasteiger partial charge in [0.25, 0.3) is 0 Å². The predicted octanol–water partition coefficient (Wildman–Crippen LogP) is 3.85. The zero-order valence-electron chi connectivity index (χ0n) is 18.7. The number of hydrogen-bond acceptors (Lipinski definition) is 3. The van der Waals surface area contributed by atoms with Crippen LogP contribution in [-0.2, 0) is 28.7 Å². The number of nitrogens with one attached hydrogen (secondary N) is 1. The summed E-state index contributed by atoms with van der Waals surface area (Å²) in [5.74, 6) is -0.632. The van der Waals surface area contributed by atoms with Crippen molar-refractivity contribution in [3.05, 3.63) is 62.2 Å². The first-order chi connectivity index (χ1) is 16.1. The number of halogens is 4. The summed E-state index contributed by atoms with van der Waals surface area (Å²) in [4.78, 5) is 18.3. The van der Waals surface area contributed by atoms with E-state index in [2.05, 4.69) is 9.97 Å². The Morgan fingerprint density at radius 3 is 2.71 bits per heavy atom. The normalized spacial score (nSPS) is 18.5. The van der Waals surface area contributed by atoms with Crippen LogP contribution in [0.4, 0.5) is 13.2 Å². The van der Waals surface area contributed by atoms with Crippen molar-refractivity contribution in [3.63, 3.8) is 0 Å². The fraction of sp³-hybridized carbons (Fsp3) is 0.417. The van der Waals surface area contributed by atoms with Crippen LogP contribution in [0.3, 0.4) is 0 Å². The maximum absolute atomic E-state index is 13.7. The molecule has 2 aromatic heterocycles. The predicted molar refractivity (Wildman–Crippen MR) is 126 cm³/mol. The van der Waals surface area contributed by atoms with E-state index < -0.39 is 17.7 Å². The molecule has 1 saturated carbocycles. The van der Waals surface area contributed by atoms with E-state index in [1.54, 1.807) is 6.08 Å². The van der Waals surface area contributed by atoms with Crippen LogP contribution in [0.15, 0.2) is 24.1 Å². The fourth-order valence-corrected chi connectivity index (χ4v) is 4.91. The lowest BCUT2D eigenvalue weighted by molar-refractivity contribution is -0.139. The molecule has 2 heterocycles. The van der Waals surface area contributed by atoms with Gasteiger partial charge in [-0.1, -0.05) is 30.5 Å². The molecule has 5 nitrogen and oxygen atoms in total. The van der Waals surface area contributed by atoms with Crippen molar-refractivity contribution in [2.45, 2.75) is 63.0 Å². The Labute approximate surface area is 200 Å². The summed E-state index contributed by atoms with van der Waals surface area (Å²) >= 11 is 6.49. The van der Waals surface area contributed by atoms with Crippen molar-refractivity contribution in [2.24, 2.45) is 0 Å². The van der Waals surface area contributed by atoms with Crippen LogP contribution in [-0.4, -0.2) is 28.9 Å². The summed E-state index contributed by atoms with van der Waals surface area (Å²) in [5.41, 5.74) is 0.415. The van der Waals surface area contributed by atoms with Crippen LogP contribution in [0.2, 0.25) is 10.8 Å². The number of aromatic nitrogens is 2. The summed E-state index contributed by atoms with van der Waals surface area (Å²) in [6.07, 6.45) is 6.03. The van der Waals surface area contributed by atoms with Crippen molar-refractivity contribution in [1.82, 2.24) is 9.97 Å². The topological polar surface area (TPSA) is 75.2 Å². The monoisotopic (exact) mass is 492 g/mol. The number of rotatable bonds is 7. The third-order valence-electron chi connectivity index (χ3n) is 6.24. The number of fused-ring (bicyclic) bond motifs is 1. The number of aliphatic carboxylic acids is 1. The number of carboxylic acids is 1. The first-order valence-corrected chi connectivity index (χ1v) is 11.7. The van der Waals surface area contributed by atoms with Crippen LogP contribution in [0.5, 0.6) is 0 Å². The molecular formula is C24H25BClF3N2O3. The number of nitrogens with zero attached hydrogens (tertiary/aromatic N) is 1. The molecule has 0 spiro atoms. The Morgan fingerprint density at radius 1 is 1.29 bits per heavy atom. The van der Waals surface area contributed by atoms with E-state index in [0.717, 1.165) is 37.1 Å². The lowest BCUT2D eigenvalue weighted by atomic mass is 9.87. The van der Waals surface area contributed by atoms with E-state index in [9.17, 15) is 18.0 Å². The van der Waals surface area contributed by atoms with Crippen molar-refractivity contribution in [2.75, 3.05) is 0 Å². The Hall–Kier alpha value is -2.68. The number of alkyl halides is 3. The Morgan fingerprint density at radius 2 is 2.03 bits per heavy atom. The second kappa shape index (κ2) is 9.90. The van der Waals surface area contributed by atoms with Crippen LogP contribution < -0.4 is 10.6 Å². The summed E-state index contributed by atoms with van der Waals surface area (Å²) < 4.78 is 47.1. The molecule has 0 aliphatic heterocycles. The third-order valence-corrected chi connectivity index (χ3v) is 6.67. The Bertz CT molecular complexity index is 1230. The van der Waals surface area contributed by atoms with E-state index in [4.69, 9.17) is 21.4 Å². The molecule has 2 N–H and O–H groups in total. The average Bonchev–Trinajstić information content (AvgIpc) is 3.35. The van der Waals surface area contributed by atoms with E-state index in [0.29, 0.717) is 27.3 Å². The van der Waals surface area contributed by atoms with E-state index >= 15 is 0 Å². The van der Waals surface area contributed by atoms with Crippen LogP contribution in [0, 0.1) is 0 Å². The summed E-state index contributed by atoms with van der Waals surface area (Å²) in [6.45, 7) is -0.0701. The summed E-state index contributed by atoms with van der Waals surface area (Å²) in [6, 6.07) is 1.15. The Kier molecular flexibility index (Phi) is 7.12. The molecule has 2 aliphatic carbocycles. The third kappa shape index (κ3) is 5.51. The van der Waals surface area contributed by atoms with Crippen LogP contribution in [0.25, 0.3) is 12.2 Å². The van der Waals surface area contributed by atoms with Crippen molar-refractivity contribution in [3.8, 4) is 0 Å². The highest BCUT2D eigenvalue weighted by Crippen LogP contribution is 2.40. The number of pyridine rings is 1. The second-order valence-electron chi connectivity index (χ2n) is 8.92. The second-order valence-corrected chi connectivity index (χ2v) is 9.30. The molecule has 180 valence electrons. The number of ether oxygens (including phenoxy) is 1. The maximum Gasteiger partial charge on any atom is 0.418 e. The standard InChI is InChI=1S/C24H25BClF3N2O3/c25-15-8-16(10-17-20(9-15)31-19(22(17)26)5-6-21(32)33)34-12-13-7-18(24(27,28)29)23(30-11-13)14-3-1-2-4-14/h7-11,14-15,31H,1-6,12,25H2,(H,32,33). The Balaban J connectivity index is 1.57. The molecule has 0 amide bonds. The maximum atomic E-state index is 13.7. The van der Waals surface area contributed by atoms with E-state index in [1.807, 2.05) is 20.0 Å². The molecule has 0 bridgehead atoms. The minimum atomic E-state index is -4.47. The summed E-state index contributed by atoms with van der Waals surface area (Å²) in [5, 5.41) is 10.8. The number of hydrogen-bond donors (Lipinski definition) is 2. The molecular weight excluding hydrogens is 468 g/mol. The van der Waals surface area contributed by atoms with Crippen LogP contribution >= 0.6 is 11.6 Å². The molecule has 2 aliphatic rings. The van der Waals surface area contributed by atoms with Gasteiger partial charge in [0.2, 0.25) is 0 Å². The number of allylic oxidation sites excluding steroid dienone is 2. The van der Waals surface area contributed by atoms with Gasteiger partial charge in [0.1, 0.15) is 20.2 Å². The van der Waals surface area contributed by atoms with Gasteiger partial charge in [-0.25, -0.2) is 0 Å². The van der Waals surface area contributed by atoms with Gasteiger partial charge in [-0.15, -0.1) is 0 Å². The number of carboxylic acid groups (broad SMARTS) is 1.